The van der Waals surface area contributed by atoms with E-state index in [2.05, 4.69) is 35.7 Å². The molecule has 0 aromatic carbocycles. The molecule has 0 bridgehead atoms. The number of amides is 4. The number of hydrogen-bond acceptors (Lipinski definition) is 12. The molecule has 0 aromatic heterocycles. The molecule has 0 saturated carbocycles. The fraction of sp³-hybridized carbons (Fsp3) is 0.811. The summed E-state index contributed by atoms with van der Waals surface area (Å²) in [6, 6.07) is -1.79. The van der Waals surface area contributed by atoms with E-state index >= 15 is 0 Å². The van der Waals surface area contributed by atoms with Crippen molar-refractivity contribution in [2.24, 2.45) is 0 Å². The van der Waals surface area contributed by atoms with Gasteiger partial charge in [0.25, 0.3) is 0 Å². The van der Waals surface area contributed by atoms with Crippen molar-refractivity contribution < 1.29 is 67.8 Å². The molecule has 3 atom stereocenters. The summed E-state index contributed by atoms with van der Waals surface area (Å²) in [6.45, 7) is 1.81. The molecule has 0 aromatic rings. The minimum absolute atomic E-state index is 0.0413. The van der Waals surface area contributed by atoms with Gasteiger partial charge in [-0.2, -0.15) is 0 Å². The molecule has 0 rings (SSSR count). The van der Waals surface area contributed by atoms with E-state index in [0.717, 1.165) is 57.8 Å². The number of ether oxygens (including phenoxy) is 4. The van der Waals surface area contributed by atoms with Gasteiger partial charge in [-0.15, -0.1) is 0 Å². The maximum Gasteiger partial charge on any atom is 0.326 e. The molecule has 0 aliphatic carbocycles. The van der Waals surface area contributed by atoms with Crippen molar-refractivity contribution in [2.45, 2.75) is 121 Å². The predicted octanol–water partition coefficient (Wildman–Crippen LogP) is 1.52. The van der Waals surface area contributed by atoms with Gasteiger partial charge in [0.2, 0.25) is 23.6 Å². The maximum absolute atomic E-state index is 12.2. The number of nitrogens with one attached hydrogen (secondary N) is 5. The van der Waals surface area contributed by atoms with E-state index < -0.39 is 30.0 Å². The summed E-state index contributed by atoms with van der Waals surface area (Å²) in [5, 5.41) is 40.2. The van der Waals surface area contributed by atoms with Crippen LogP contribution in [0.4, 0.5) is 0 Å². The Morgan fingerprint density at radius 3 is 1.39 bits per heavy atom. The average molecular weight is 838 g/mol. The van der Waals surface area contributed by atoms with Gasteiger partial charge in [-0.1, -0.05) is 60.8 Å². The van der Waals surface area contributed by atoms with Crippen molar-refractivity contribution in [3.63, 3.8) is 0 Å². The van der Waals surface area contributed by atoms with Gasteiger partial charge in [-0.25, -0.2) is 4.79 Å². The highest BCUT2D eigenvalue weighted by Crippen LogP contribution is 2.12. The van der Waals surface area contributed by atoms with E-state index in [4.69, 9.17) is 29.2 Å². The van der Waals surface area contributed by atoms with Gasteiger partial charge in [0.15, 0.2) is 0 Å². The number of unbranched alkanes of at least 4 members (excludes halogenated alkanes) is 10. The Kier molecular flexibility index (Phi) is 35.7. The lowest BCUT2D eigenvalue weighted by Crippen LogP contribution is -2.41. The first-order valence-corrected chi connectivity index (χ1v) is 20.6. The second-order valence-corrected chi connectivity index (χ2v) is 13.7. The van der Waals surface area contributed by atoms with E-state index in [1.807, 2.05) is 0 Å². The van der Waals surface area contributed by atoms with Gasteiger partial charge in [-0.05, 0) is 38.5 Å². The molecule has 0 fully saturated rings. The van der Waals surface area contributed by atoms with Crippen molar-refractivity contribution in [2.75, 3.05) is 72.5 Å². The molecule has 19 nitrogen and oxygen atoms in total. The normalized spacial score (nSPS) is 12.0. The molecule has 0 radical (unpaired) electrons. The fourth-order valence-corrected chi connectivity index (χ4v) is 5.55. The van der Waals surface area contributed by atoms with Crippen molar-refractivity contribution in [3.05, 3.63) is 0 Å². The van der Waals surface area contributed by atoms with Crippen LogP contribution < -0.4 is 26.4 Å². The third kappa shape index (κ3) is 36.6. The van der Waals surface area contributed by atoms with Gasteiger partial charge < -0.3 is 55.5 Å². The van der Waals surface area contributed by atoms with Gasteiger partial charge in [0.05, 0.1) is 39.6 Å². The fourth-order valence-electron chi connectivity index (χ4n) is 5.24. The van der Waals surface area contributed by atoms with E-state index in [9.17, 15) is 38.7 Å². The molecule has 330 valence electrons. The highest BCUT2D eigenvalue weighted by atomic mass is 31.0. The molecule has 8 N–H and O–H groups in total. The molecule has 0 heterocycles. The molecule has 0 spiro atoms. The average Bonchev–Trinajstić information content (AvgIpc) is 3.16. The van der Waals surface area contributed by atoms with Crippen LogP contribution in [-0.4, -0.2) is 141 Å². The van der Waals surface area contributed by atoms with Crippen LogP contribution >= 0.6 is 9.39 Å². The van der Waals surface area contributed by atoms with E-state index in [0.29, 0.717) is 32.2 Å². The molecule has 20 heteroatoms. The van der Waals surface area contributed by atoms with Crippen LogP contribution in [0.1, 0.15) is 109 Å². The smallest absolute Gasteiger partial charge is 0.326 e. The topological polar surface area (TPSA) is 277 Å². The summed E-state index contributed by atoms with van der Waals surface area (Å²) < 4.78 is 21.2. The van der Waals surface area contributed by atoms with Crippen LogP contribution in [0.2, 0.25) is 0 Å². The van der Waals surface area contributed by atoms with Crippen molar-refractivity contribution in [3.8, 4) is 0 Å². The lowest BCUT2D eigenvalue weighted by Gasteiger charge is -2.14. The summed E-state index contributed by atoms with van der Waals surface area (Å²) in [4.78, 5) is 81.1. The summed E-state index contributed by atoms with van der Waals surface area (Å²) in [6.07, 6.45) is 11.7. The highest BCUT2D eigenvalue weighted by molar-refractivity contribution is 7.13. The van der Waals surface area contributed by atoms with E-state index in [1.165, 1.54) is 0 Å². The first-order valence-electron chi connectivity index (χ1n) is 20.0. The number of carboxylic acid groups (broad SMARTS) is 3. The van der Waals surface area contributed by atoms with Crippen molar-refractivity contribution in [1.29, 1.82) is 0 Å². The van der Waals surface area contributed by atoms with Crippen LogP contribution in [0.5, 0.6) is 0 Å². The second kappa shape index (κ2) is 38.1. The van der Waals surface area contributed by atoms with Crippen molar-refractivity contribution >= 4 is 50.9 Å². The third-order valence-corrected chi connectivity index (χ3v) is 8.83. The molecular formula is C37H68N5O14P. The van der Waals surface area contributed by atoms with Crippen LogP contribution in [0.3, 0.4) is 0 Å². The van der Waals surface area contributed by atoms with Crippen molar-refractivity contribution in [1.82, 2.24) is 26.4 Å². The SMILES string of the molecule is O=C(O)CCCCCCCCCCCCC(=O)NC(CCC(=O)NCCOCCOCC(=O)NCCOCCOCC(=O)NCCCCC(NP)C(=O)O)C(=O)O. The molecule has 0 aliphatic rings. The van der Waals surface area contributed by atoms with Crippen LogP contribution in [0, 0.1) is 0 Å². The summed E-state index contributed by atoms with van der Waals surface area (Å²) in [5.41, 5.74) is 0. The first-order chi connectivity index (χ1) is 27.5. The molecule has 57 heavy (non-hydrogen) atoms. The number of aliphatic carboxylic acids is 3. The van der Waals surface area contributed by atoms with E-state index in [-0.39, 0.29) is 115 Å². The molecule has 3 unspecified atom stereocenters. The summed E-state index contributed by atoms with van der Waals surface area (Å²) >= 11 is 0. The molecular weight excluding hydrogens is 769 g/mol. The standard InChI is InChI=1S/C37H68N5O14P/c43-31(17-16-29(36(49)50)41-32(44)14-9-7-5-3-1-2-4-6-8-10-15-35(47)48)39-19-21-53-23-26-56-28-34(46)40-20-22-54-24-25-55-27-33(45)38-18-12-11-13-30(42-57)37(51)52/h29-30,42H,1-28,57H2,(H,38,45)(H,39,43)(H,40,46)(H,41,44)(H,47,48)(H,49,50)(H,51,52). The zero-order valence-corrected chi connectivity index (χ0v) is 34.5. The lowest BCUT2D eigenvalue weighted by molar-refractivity contribution is -0.142. The van der Waals surface area contributed by atoms with Gasteiger partial charge >= 0.3 is 17.9 Å². The van der Waals surface area contributed by atoms with Gasteiger partial charge in [-0.3, -0.25) is 33.9 Å². The largest absolute Gasteiger partial charge is 0.481 e. The predicted molar refractivity (Wildman–Crippen MR) is 212 cm³/mol. The molecule has 0 saturated heterocycles. The lowest BCUT2D eigenvalue weighted by atomic mass is 10.0. The Hall–Kier alpha value is -3.48. The Morgan fingerprint density at radius 1 is 0.439 bits per heavy atom. The highest BCUT2D eigenvalue weighted by Gasteiger charge is 2.21. The Balaban J connectivity index is 3.67. The Labute approximate surface area is 338 Å². The minimum Gasteiger partial charge on any atom is -0.481 e. The monoisotopic (exact) mass is 837 g/mol. The number of hydrogen-bond donors (Lipinski definition) is 8. The number of carbonyl (C=O) groups is 7. The summed E-state index contributed by atoms with van der Waals surface area (Å²) in [5.74, 6) is -4.20. The third-order valence-electron chi connectivity index (χ3n) is 8.43. The Morgan fingerprint density at radius 2 is 0.895 bits per heavy atom. The zero-order chi connectivity index (χ0) is 42.4. The Bertz CT molecular complexity index is 1140. The van der Waals surface area contributed by atoms with Crippen LogP contribution in [0.25, 0.3) is 0 Å². The van der Waals surface area contributed by atoms with Gasteiger partial charge in [0, 0.05) is 38.9 Å². The number of carboxylic acids is 3. The van der Waals surface area contributed by atoms with Crippen LogP contribution in [-0.2, 0) is 52.5 Å². The molecule has 4 amide bonds. The quantitative estimate of drug-likeness (QED) is 0.0320. The zero-order valence-electron chi connectivity index (χ0n) is 33.4. The summed E-state index contributed by atoms with van der Waals surface area (Å²) in [7, 11) is 2.19. The maximum atomic E-state index is 12.2. The van der Waals surface area contributed by atoms with E-state index in [1.54, 1.807) is 0 Å². The number of rotatable bonds is 41. The molecule has 0 aliphatic heterocycles. The second-order valence-electron chi connectivity index (χ2n) is 13.4. The first kappa shape index (κ1) is 53.5. The van der Waals surface area contributed by atoms with Gasteiger partial charge in [0.1, 0.15) is 25.3 Å². The minimum atomic E-state index is -1.20. The van der Waals surface area contributed by atoms with Crippen LogP contribution in [0.15, 0.2) is 0 Å². The number of carbonyl (C=O) groups excluding carboxylic acids is 4.